The molecule has 0 bridgehead atoms. The van der Waals surface area contributed by atoms with Crippen LogP contribution in [0.15, 0.2) is 67.0 Å². The van der Waals surface area contributed by atoms with Crippen molar-refractivity contribution < 1.29 is 58.2 Å². The quantitative estimate of drug-likeness (QED) is 0.0911. The SMILES string of the molecule is CCCCN.Nc1nnc(-c2ccccc2OC=O)cc1-n1cc(N2CCN(C3CCCCC3)CC2=O)cn1.O=C1CCCC(=O)N1.[CH2-]COc1[c-]cccc1.[Na+]. The standard InChI is InChI=1S/C24H27N7O3.C8H8O.C5H7NO2.C4H11N.Na/c25-24-21(12-20(27-28-24)19-8-4-5-9-22(19)34-16-32)31-14-18(13-26-31)30-11-10-29(15-23(30)33)17-6-2-1-3-7-17;1-2-9-8-6-4-3-5-7-8;7-4-2-1-3-5(8)6-4;1-2-3-4-5;/h4-5,8-9,12-14,16-17H,1-3,6-7,10-11,15H2,(H2,25,28);3-6H,1-2H2;1-3H2,(H,6,7,8);2-5H2,1H3;/q;-2;;;+1. The minimum absolute atomic E-state index is 0. The van der Waals surface area contributed by atoms with Gasteiger partial charge in [-0.05, 0) is 57.0 Å². The van der Waals surface area contributed by atoms with Gasteiger partial charge in [0.05, 0.1) is 30.3 Å². The molecular formula is C41H53N9NaO6-. The van der Waals surface area contributed by atoms with Gasteiger partial charge in [0.25, 0.3) is 6.47 Å². The first-order chi connectivity index (χ1) is 27.3. The molecule has 15 nitrogen and oxygen atoms in total. The predicted molar refractivity (Wildman–Crippen MR) is 214 cm³/mol. The Bertz CT molecular complexity index is 1820. The smallest absolute Gasteiger partial charge is 0.551 e. The third-order valence-electron chi connectivity index (χ3n) is 9.19. The molecule has 4 heterocycles. The first-order valence-corrected chi connectivity index (χ1v) is 19.1. The van der Waals surface area contributed by atoms with Crippen LogP contribution in [0.25, 0.3) is 16.9 Å². The molecule has 0 radical (unpaired) electrons. The summed E-state index contributed by atoms with van der Waals surface area (Å²) >= 11 is 0. The Hall–Kier alpha value is -4.67. The fraction of sp³-hybridized carbons (Fsp3) is 0.415. The van der Waals surface area contributed by atoms with E-state index in [1.807, 2.05) is 30.3 Å². The molecule has 2 aromatic carbocycles. The van der Waals surface area contributed by atoms with Crippen molar-refractivity contribution in [3.05, 3.63) is 80.0 Å². The monoisotopic (exact) mass is 790 g/mol. The predicted octanol–water partition coefficient (Wildman–Crippen LogP) is 1.69. The zero-order chi connectivity index (χ0) is 40.1. The first-order valence-electron chi connectivity index (χ1n) is 19.1. The number of benzene rings is 2. The second-order valence-corrected chi connectivity index (χ2v) is 13.2. The van der Waals surface area contributed by atoms with Gasteiger partial charge in [-0.3, -0.25) is 29.4 Å². The molecule has 5 N–H and O–H groups in total. The van der Waals surface area contributed by atoms with Gasteiger partial charge in [0.2, 0.25) is 17.7 Å². The number of ether oxygens (including phenoxy) is 2. The van der Waals surface area contributed by atoms with E-state index in [0.29, 0.717) is 74.2 Å². The van der Waals surface area contributed by atoms with Gasteiger partial charge in [0, 0.05) is 43.3 Å². The Balaban J connectivity index is 0.000000307. The van der Waals surface area contributed by atoms with Gasteiger partial charge < -0.3 is 32.8 Å². The summed E-state index contributed by atoms with van der Waals surface area (Å²) in [6, 6.07) is 19.7. The number of aromatic nitrogens is 4. The number of nitrogens with one attached hydrogen (secondary N) is 1. The van der Waals surface area contributed by atoms with Crippen molar-refractivity contribution in [3.63, 3.8) is 0 Å². The number of carbonyl (C=O) groups is 4. The molecule has 0 spiro atoms. The minimum atomic E-state index is -0.138. The van der Waals surface area contributed by atoms with Crippen molar-refractivity contribution >= 4 is 35.7 Å². The normalized spacial score (nSPS) is 15.6. The molecule has 2 saturated heterocycles. The van der Waals surface area contributed by atoms with E-state index in [2.05, 4.69) is 45.4 Å². The number of nitrogen functional groups attached to an aromatic ring is 1. The van der Waals surface area contributed by atoms with Crippen molar-refractivity contribution in [2.75, 3.05) is 43.4 Å². The number of hydrogen-bond donors (Lipinski definition) is 3. The van der Waals surface area contributed by atoms with Crippen molar-refractivity contribution in [2.24, 2.45) is 5.73 Å². The molecule has 0 atom stereocenters. The second-order valence-electron chi connectivity index (χ2n) is 13.2. The number of imide groups is 1. The molecule has 16 heteroatoms. The summed E-state index contributed by atoms with van der Waals surface area (Å²) in [4.78, 5) is 48.6. The number of piperazine rings is 1. The van der Waals surface area contributed by atoms with E-state index in [4.69, 9.17) is 20.9 Å². The Labute approximate surface area is 357 Å². The maximum absolute atomic E-state index is 13.0. The number of nitrogens with zero attached hydrogens (tertiary/aromatic N) is 6. The van der Waals surface area contributed by atoms with Gasteiger partial charge in [0.15, 0.2) is 5.82 Å². The summed E-state index contributed by atoms with van der Waals surface area (Å²) in [7, 11) is 0. The molecule has 300 valence electrons. The second kappa shape index (κ2) is 25.6. The van der Waals surface area contributed by atoms with Crippen molar-refractivity contribution in [2.45, 2.75) is 77.2 Å². The van der Waals surface area contributed by atoms with E-state index in [1.165, 1.54) is 44.9 Å². The van der Waals surface area contributed by atoms with Gasteiger partial charge in [0.1, 0.15) is 11.4 Å². The van der Waals surface area contributed by atoms with Gasteiger partial charge in [-0.2, -0.15) is 23.3 Å². The molecule has 57 heavy (non-hydrogen) atoms. The zero-order valence-electron chi connectivity index (χ0n) is 33.1. The summed E-state index contributed by atoms with van der Waals surface area (Å²) in [6.45, 7) is 9.27. The molecule has 3 aliphatic rings. The van der Waals surface area contributed by atoms with Crippen LogP contribution < -0.4 is 60.7 Å². The van der Waals surface area contributed by atoms with Crippen LogP contribution in [-0.2, 0) is 19.2 Å². The van der Waals surface area contributed by atoms with Crippen LogP contribution in [0.3, 0.4) is 0 Å². The zero-order valence-corrected chi connectivity index (χ0v) is 35.1. The van der Waals surface area contributed by atoms with E-state index in [1.54, 1.807) is 46.2 Å². The van der Waals surface area contributed by atoms with Gasteiger partial charge in [-0.1, -0.05) is 44.7 Å². The Kier molecular flexibility index (Phi) is 20.9. The van der Waals surface area contributed by atoms with Crippen LogP contribution >= 0.6 is 0 Å². The Morgan fingerprint density at radius 3 is 2.33 bits per heavy atom. The van der Waals surface area contributed by atoms with Gasteiger partial charge in [-0.15, -0.1) is 22.3 Å². The summed E-state index contributed by atoms with van der Waals surface area (Å²) < 4.78 is 11.7. The van der Waals surface area contributed by atoms with Crippen LogP contribution in [-0.4, -0.2) is 87.9 Å². The number of anilines is 2. The van der Waals surface area contributed by atoms with E-state index >= 15 is 0 Å². The maximum Gasteiger partial charge on any atom is 1.00 e. The molecule has 3 fully saturated rings. The molecule has 1 aliphatic carbocycles. The van der Waals surface area contributed by atoms with Gasteiger partial charge in [-0.25, -0.2) is 4.68 Å². The summed E-state index contributed by atoms with van der Waals surface area (Å²) in [5.74, 6) is 1.12. The van der Waals surface area contributed by atoms with E-state index in [9.17, 15) is 19.2 Å². The number of nitrogens with two attached hydrogens (primary N) is 2. The maximum atomic E-state index is 13.0. The minimum Gasteiger partial charge on any atom is -0.551 e. The molecule has 3 amide bonds. The number of carbonyl (C=O) groups excluding carboxylic acids is 4. The fourth-order valence-corrected chi connectivity index (χ4v) is 6.32. The summed E-state index contributed by atoms with van der Waals surface area (Å²) in [5, 5.41) is 14.9. The number of piperidine rings is 1. The number of para-hydroxylation sites is 2. The van der Waals surface area contributed by atoms with E-state index in [-0.39, 0.29) is 53.1 Å². The van der Waals surface area contributed by atoms with Crippen LogP contribution in [0, 0.1) is 13.0 Å². The number of rotatable bonds is 10. The molecule has 4 aromatic rings. The molecule has 0 unspecified atom stereocenters. The first kappa shape index (κ1) is 46.7. The molecular weight excluding hydrogens is 737 g/mol. The average Bonchev–Trinajstić information content (AvgIpc) is 3.70. The summed E-state index contributed by atoms with van der Waals surface area (Å²) in [5.41, 5.74) is 13.6. The van der Waals surface area contributed by atoms with Crippen molar-refractivity contribution in [1.82, 2.24) is 30.2 Å². The van der Waals surface area contributed by atoms with Crippen LogP contribution in [0.2, 0.25) is 0 Å². The third kappa shape index (κ3) is 15.0. The van der Waals surface area contributed by atoms with Crippen molar-refractivity contribution in [1.29, 1.82) is 0 Å². The van der Waals surface area contributed by atoms with E-state index < -0.39 is 0 Å². The molecule has 2 aliphatic heterocycles. The van der Waals surface area contributed by atoms with Crippen LogP contribution in [0.5, 0.6) is 11.5 Å². The van der Waals surface area contributed by atoms with Crippen LogP contribution in [0.4, 0.5) is 11.5 Å². The molecule has 7 rings (SSSR count). The fourth-order valence-electron chi connectivity index (χ4n) is 6.32. The number of amides is 3. The number of hydrogen-bond acceptors (Lipinski definition) is 12. The Morgan fingerprint density at radius 1 is 1.00 bits per heavy atom. The molecule has 2 aromatic heterocycles. The van der Waals surface area contributed by atoms with E-state index in [0.717, 1.165) is 24.5 Å². The molecule has 1 saturated carbocycles. The topological polar surface area (TPSA) is 201 Å². The van der Waals surface area contributed by atoms with Gasteiger partial charge >= 0.3 is 29.6 Å². The Morgan fingerprint density at radius 2 is 1.74 bits per heavy atom. The third-order valence-corrected chi connectivity index (χ3v) is 9.19. The van der Waals surface area contributed by atoms with Crippen LogP contribution in [0.1, 0.15) is 71.1 Å². The largest absolute Gasteiger partial charge is 1.00 e. The average molecular weight is 791 g/mol. The van der Waals surface area contributed by atoms with Crippen molar-refractivity contribution in [3.8, 4) is 28.4 Å². The summed E-state index contributed by atoms with van der Waals surface area (Å²) in [6.07, 6.45) is 13.7. The number of unbranched alkanes of at least 4 members (excludes halogenated alkanes) is 1.